The highest BCUT2D eigenvalue weighted by Gasteiger charge is 2.17. The van der Waals surface area contributed by atoms with Crippen molar-refractivity contribution >= 4 is 35.0 Å². The van der Waals surface area contributed by atoms with E-state index in [1.54, 1.807) is 43.3 Å². The zero-order valence-electron chi connectivity index (χ0n) is 18.6. The molecule has 0 saturated carbocycles. The van der Waals surface area contributed by atoms with Crippen LogP contribution in [0.1, 0.15) is 18.1 Å². The zero-order chi connectivity index (χ0) is 24.1. The number of nitrogens with one attached hydrogen (secondary N) is 1. The molecule has 0 aliphatic rings. The predicted molar refractivity (Wildman–Crippen MR) is 136 cm³/mol. The number of amides is 1. The van der Waals surface area contributed by atoms with Crippen LogP contribution in [0.2, 0.25) is 5.02 Å². The van der Waals surface area contributed by atoms with Gasteiger partial charge in [-0.25, -0.2) is 5.43 Å². The summed E-state index contributed by atoms with van der Waals surface area (Å²) < 4.78 is 1.90. The van der Waals surface area contributed by atoms with Gasteiger partial charge >= 0.3 is 0 Å². The Hall–Kier alpha value is -3.62. The van der Waals surface area contributed by atoms with Gasteiger partial charge in [0, 0.05) is 21.8 Å². The van der Waals surface area contributed by atoms with Gasteiger partial charge in [0.2, 0.25) is 0 Å². The molecule has 0 spiro atoms. The third-order valence-electron chi connectivity index (χ3n) is 5.00. The Balaban J connectivity index is 1.54. The van der Waals surface area contributed by atoms with Crippen LogP contribution in [0.5, 0.6) is 5.75 Å². The van der Waals surface area contributed by atoms with E-state index in [-0.39, 0.29) is 17.4 Å². The van der Waals surface area contributed by atoms with Crippen molar-refractivity contribution in [3.63, 3.8) is 0 Å². The minimum atomic E-state index is -0.303. The molecule has 0 fully saturated rings. The number of nitrogens with zero attached hydrogens (tertiary/aromatic N) is 4. The fourth-order valence-electron chi connectivity index (χ4n) is 3.22. The number of aryl methyl sites for hydroxylation is 1. The highest BCUT2D eigenvalue weighted by molar-refractivity contribution is 7.99. The molecule has 0 unspecified atom stereocenters. The van der Waals surface area contributed by atoms with E-state index in [4.69, 9.17) is 11.6 Å². The standard InChI is InChI=1S/C25H22ClN5O2S/c1-16-7-9-18(10-8-16)24-29-30-25(31(24)20-13-11-19(26)12-14-20)34-15-23(33)28-27-17(2)21-5-3-4-6-22(21)32/h3-14,32H,15H2,1-2H3,(H,28,33). The molecule has 0 saturated heterocycles. The molecule has 7 nitrogen and oxygen atoms in total. The third-order valence-corrected chi connectivity index (χ3v) is 6.18. The number of phenolic OH excluding ortho intramolecular Hbond substituents is 1. The molecule has 0 radical (unpaired) electrons. The second-order valence-electron chi connectivity index (χ2n) is 7.52. The van der Waals surface area contributed by atoms with Crippen LogP contribution < -0.4 is 5.43 Å². The lowest BCUT2D eigenvalue weighted by molar-refractivity contribution is -0.118. The van der Waals surface area contributed by atoms with Crippen molar-refractivity contribution in [1.82, 2.24) is 20.2 Å². The summed E-state index contributed by atoms with van der Waals surface area (Å²) in [6.07, 6.45) is 0. The number of aromatic hydroxyl groups is 1. The molecule has 9 heteroatoms. The predicted octanol–water partition coefficient (Wildman–Crippen LogP) is 5.23. The third kappa shape index (κ3) is 5.47. The van der Waals surface area contributed by atoms with Gasteiger partial charge < -0.3 is 5.11 Å². The number of rotatable bonds is 7. The minimum Gasteiger partial charge on any atom is -0.507 e. The largest absolute Gasteiger partial charge is 0.507 e. The van der Waals surface area contributed by atoms with Crippen LogP contribution in [0.25, 0.3) is 17.1 Å². The lowest BCUT2D eigenvalue weighted by Gasteiger charge is -2.11. The van der Waals surface area contributed by atoms with Crippen LogP contribution in [-0.4, -0.2) is 37.2 Å². The molecule has 0 aliphatic carbocycles. The highest BCUT2D eigenvalue weighted by atomic mass is 35.5. The number of hydrogen-bond donors (Lipinski definition) is 2. The maximum absolute atomic E-state index is 12.5. The summed E-state index contributed by atoms with van der Waals surface area (Å²) in [5.74, 6) is 0.546. The minimum absolute atomic E-state index is 0.0805. The van der Waals surface area contributed by atoms with E-state index in [0.29, 0.717) is 27.3 Å². The molecule has 0 aliphatic heterocycles. The average molecular weight is 492 g/mol. The van der Waals surface area contributed by atoms with Crippen molar-refractivity contribution in [3.05, 3.63) is 88.9 Å². The van der Waals surface area contributed by atoms with Crippen LogP contribution in [0.3, 0.4) is 0 Å². The topological polar surface area (TPSA) is 92.4 Å². The quantitative estimate of drug-likeness (QED) is 0.210. The summed E-state index contributed by atoms with van der Waals surface area (Å²) in [6, 6.07) is 22.2. The summed E-state index contributed by atoms with van der Waals surface area (Å²) in [7, 11) is 0. The van der Waals surface area contributed by atoms with Crippen LogP contribution in [0.4, 0.5) is 0 Å². The van der Waals surface area contributed by atoms with E-state index >= 15 is 0 Å². The second kappa shape index (κ2) is 10.5. The van der Waals surface area contributed by atoms with Crippen LogP contribution in [-0.2, 0) is 4.79 Å². The first-order chi connectivity index (χ1) is 16.4. The molecule has 0 atom stereocenters. The normalized spacial score (nSPS) is 11.4. The summed E-state index contributed by atoms with van der Waals surface area (Å²) in [4.78, 5) is 12.5. The molecule has 172 valence electrons. The van der Waals surface area contributed by atoms with Gasteiger partial charge in [-0.05, 0) is 50.2 Å². The molecule has 4 aromatic rings. The van der Waals surface area contributed by atoms with Gasteiger partial charge in [0.05, 0.1) is 11.5 Å². The van der Waals surface area contributed by atoms with Crippen LogP contribution in [0, 0.1) is 6.92 Å². The van der Waals surface area contributed by atoms with Gasteiger partial charge in [0.1, 0.15) is 5.75 Å². The number of phenols is 1. The van der Waals surface area contributed by atoms with Gasteiger partial charge in [0.25, 0.3) is 5.91 Å². The Kier molecular flexibility index (Phi) is 7.30. The van der Waals surface area contributed by atoms with Gasteiger partial charge in [-0.1, -0.05) is 65.3 Å². The molecule has 34 heavy (non-hydrogen) atoms. The summed E-state index contributed by atoms with van der Waals surface area (Å²) in [6.45, 7) is 3.74. The van der Waals surface area contributed by atoms with Crippen molar-refractivity contribution < 1.29 is 9.90 Å². The maximum Gasteiger partial charge on any atom is 0.250 e. The Labute approximate surface area is 206 Å². The van der Waals surface area contributed by atoms with E-state index in [0.717, 1.165) is 16.8 Å². The maximum atomic E-state index is 12.5. The molecule has 1 aromatic heterocycles. The molecule has 4 rings (SSSR count). The lowest BCUT2D eigenvalue weighted by atomic mass is 10.1. The molecule has 1 heterocycles. The van der Waals surface area contributed by atoms with Crippen LogP contribution in [0.15, 0.2) is 83.1 Å². The number of thioether (sulfide) groups is 1. The fraction of sp³-hybridized carbons (Fsp3) is 0.120. The Morgan fingerprint density at radius 3 is 2.47 bits per heavy atom. The molecule has 2 N–H and O–H groups in total. The molecule has 3 aromatic carbocycles. The number of carbonyl (C=O) groups is 1. The second-order valence-corrected chi connectivity index (χ2v) is 8.90. The van der Waals surface area contributed by atoms with E-state index in [1.807, 2.05) is 47.9 Å². The van der Waals surface area contributed by atoms with Gasteiger partial charge in [-0.3, -0.25) is 9.36 Å². The number of hydrogen-bond acceptors (Lipinski definition) is 6. The average Bonchev–Trinajstić information content (AvgIpc) is 3.26. The van der Waals surface area contributed by atoms with E-state index < -0.39 is 0 Å². The zero-order valence-corrected chi connectivity index (χ0v) is 20.1. The first kappa shape index (κ1) is 23.5. The molecular weight excluding hydrogens is 470 g/mol. The first-order valence-electron chi connectivity index (χ1n) is 10.4. The van der Waals surface area contributed by atoms with Crippen molar-refractivity contribution in [2.45, 2.75) is 19.0 Å². The van der Waals surface area contributed by atoms with E-state index in [9.17, 15) is 9.90 Å². The smallest absolute Gasteiger partial charge is 0.250 e. The molecule has 1 amide bonds. The highest BCUT2D eigenvalue weighted by Crippen LogP contribution is 2.28. The van der Waals surface area contributed by atoms with E-state index in [2.05, 4.69) is 20.7 Å². The number of benzene rings is 3. The lowest BCUT2D eigenvalue weighted by Crippen LogP contribution is -2.21. The summed E-state index contributed by atoms with van der Waals surface area (Å²) >= 11 is 7.33. The van der Waals surface area contributed by atoms with Crippen LogP contribution >= 0.6 is 23.4 Å². The number of aromatic nitrogens is 3. The van der Waals surface area contributed by atoms with Crippen molar-refractivity contribution in [1.29, 1.82) is 0 Å². The summed E-state index contributed by atoms with van der Waals surface area (Å²) in [5, 5.41) is 24.0. The van der Waals surface area contributed by atoms with E-state index in [1.165, 1.54) is 11.8 Å². The summed E-state index contributed by atoms with van der Waals surface area (Å²) in [5.41, 5.74) is 6.48. The first-order valence-corrected chi connectivity index (χ1v) is 11.8. The monoisotopic (exact) mass is 491 g/mol. The Morgan fingerprint density at radius 1 is 1.06 bits per heavy atom. The van der Waals surface area contributed by atoms with Gasteiger partial charge in [-0.15, -0.1) is 10.2 Å². The number of halogens is 1. The Bertz CT molecular complexity index is 1330. The number of para-hydroxylation sites is 1. The SMILES string of the molecule is CC(=NNC(=O)CSc1nnc(-c2ccc(C)cc2)n1-c1ccc(Cl)cc1)c1ccccc1O. The van der Waals surface area contributed by atoms with Crippen molar-refractivity contribution in [3.8, 4) is 22.8 Å². The molecular formula is C25H22ClN5O2S. The Morgan fingerprint density at radius 2 is 1.76 bits per heavy atom. The number of hydrazone groups is 1. The van der Waals surface area contributed by atoms with Crippen molar-refractivity contribution in [2.75, 3.05) is 5.75 Å². The number of carbonyl (C=O) groups excluding carboxylic acids is 1. The fourth-order valence-corrected chi connectivity index (χ4v) is 4.09. The van der Waals surface area contributed by atoms with Gasteiger partial charge in [-0.2, -0.15) is 5.10 Å². The van der Waals surface area contributed by atoms with Gasteiger partial charge in [0.15, 0.2) is 11.0 Å². The van der Waals surface area contributed by atoms with Crippen molar-refractivity contribution in [2.24, 2.45) is 5.10 Å². The molecule has 0 bridgehead atoms.